The fourth-order valence-corrected chi connectivity index (χ4v) is 4.12. The van der Waals surface area contributed by atoms with Crippen molar-refractivity contribution >= 4 is 28.3 Å². The van der Waals surface area contributed by atoms with Gasteiger partial charge in [-0.2, -0.15) is 0 Å². The number of aryl methyl sites for hydroxylation is 1. The molecule has 4 aromatic rings. The van der Waals surface area contributed by atoms with Gasteiger partial charge < -0.3 is 10.2 Å². The van der Waals surface area contributed by atoms with E-state index in [-0.39, 0.29) is 12.3 Å². The van der Waals surface area contributed by atoms with Crippen LogP contribution in [0.5, 0.6) is 0 Å². The third-order valence-corrected chi connectivity index (χ3v) is 5.92. The molecule has 0 spiro atoms. The smallest absolute Gasteiger partial charge is 0.307 e. The van der Waals surface area contributed by atoms with Crippen LogP contribution in [0.1, 0.15) is 55.9 Å². The van der Waals surface area contributed by atoms with E-state index in [1.54, 1.807) is 20.8 Å². The van der Waals surface area contributed by atoms with Crippen LogP contribution < -0.4 is 0 Å². The van der Waals surface area contributed by atoms with E-state index in [0.717, 1.165) is 38.6 Å². The van der Waals surface area contributed by atoms with Crippen LogP contribution in [0, 0.1) is 18.8 Å². The first-order valence-electron chi connectivity index (χ1n) is 12.2. The lowest BCUT2D eigenvalue weighted by Crippen LogP contribution is -2.10. The lowest BCUT2D eigenvalue weighted by Gasteiger charge is -2.16. The van der Waals surface area contributed by atoms with Crippen molar-refractivity contribution < 1.29 is 15.0 Å². The minimum absolute atomic E-state index is 0.0410. The SMILES string of the molecule is CC(C)(C)O.Cc1cc2ccc(C#CC(C)c3ccccc3)cc2c(-c2ccc(Cl)cc2)c1CC(=O)O. The first kappa shape index (κ1) is 28.0. The number of hydrogen-bond acceptors (Lipinski definition) is 2. The molecular weight excluding hydrogens is 480 g/mol. The van der Waals surface area contributed by atoms with Crippen molar-refractivity contribution in [1.29, 1.82) is 0 Å². The number of rotatable bonds is 4. The number of carbonyl (C=O) groups is 1. The van der Waals surface area contributed by atoms with Crippen molar-refractivity contribution in [2.75, 3.05) is 0 Å². The lowest BCUT2D eigenvalue weighted by molar-refractivity contribution is -0.136. The summed E-state index contributed by atoms with van der Waals surface area (Å²) in [6.45, 7) is 9.29. The molecule has 190 valence electrons. The summed E-state index contributed by atoms with van der Waals surface area (Å²) in [6.07, 6.45) is -0.0410. The first-order valence-corrected chi connectivity index (χ1v) is 12.6. The number of carboxylic acids is 1. The van der Waals surface area contributed by atoms with Gasteiger partial charge in [-0.25, -0.2) is 0 Å². The average molecular weight is 513 g/mol. The molecule has 0 aromatic heterocycles. The van der Waals surface area contributed by atoms with Crippen LogP contribution in [0.25, 0.3) is 21.9 Å². The lowest BCUT2D eigenvalue weighted by atomic mass is 9.88. The van der Waals surface area contributed by atoms with Gasteiger partial charge in [0.25, 0.3) is 0 Å². The van der Waals surface area contributed by atoms with Gasteiger partial charge in [-0.15, -0.1) is 0 Å². The molecule has 1 unspecified atom stereocenters. The topological polar surface area (TPSA) is 57.5 Å². The van der Waals surface area contributed by atoms with E-state index in [1.807, 2.05) is 55.5 Å². The van der Waals surface area contributed by atoms with Crippen LogP contribution in [0.4, 0.5) is 0 Å². The summed E-state index contributed by atoms with van der Waals surface area (Å²) in [5.74, 6) is 5.92. The number of aliphatic hydroxyl groups is 1. The molecule has 0 saturated carbocycles. The minimum atomic E-state index is -0.852. The summed E-state index contributed by atoms with van der Waals surface area (Å²) < 4.78 is 0. The average Bonchev–Trinajstić information content (AvgIpc) is 2.83. The minimum Gasteiger partial charge on any atom is -0.481 e. The van der Waals surface area contributed by atoms with Gasteiger partial charge in [-0.05, 0) is 97.5 Å². The Kier molecular flexibility index (Phi) is 9.16. The number of aliphatic carboxylic acids is 1. The van der Waals surface area contributed by atoms with E-state index in [9.17, 15) is 9.90 Å². The van der Waals surface area contributed by atoms with E-state index in [1.165, 1.54) is 5.56 Å². The molecule has 37 heavy (non-hydrogen) atoms. The molecular formula is C33H33ClO3. The Hall–Kier alpha value is -3.58. The van der Waals surface area contributed by atoms with Gasteiger partial charge in [0.1, 0.15) is 0 Å². The van der Waals surface area contributed by atoms with Crippen LogP contribution in [-0.2, 0) is 11.2 Å². The van der Waals surface area contributed by atoms with Gasteiger partial charge in [-0.3, -0.25) is 4.79 Å². The third-order valence-electron chi connectivity index (χ3n) is 5.67. The zero-order valence-corrected chi connectivity index (χ0v) is 22.7. The maximum atomic E-state index is 11.6. The van der Waals surface area contributed by atoms with Crippen LogP contribution in [-0.4, -0.2) is 21.8 Å². The van der Waals surface area contributed by atoms with Gasteiger partial charge in [0.05, 0.1) is 12.0 Å². The number of halogens is 1. The van der Waals surface area contributed by atoms with Gasteiger partial charge in [0, 0.05) is 16.5 Å². The second-order valence-electron chi connectivity index (χ2n) is 10.1. The fraction of sp³-hybridized carbons (Fsp3) is 0.242. The zero-order valence-electron chi connectivity index (χ0n) is 22.0. The van der Waals surface area contributed by atoms with Crippen molar-refractivity contribution in [3.8, 4) is 23.0 Å². The van der Waals surface area contributed by atoms with Crippen LogP contribution in [0.15, 0.2) is 78.9 Å². The maximum absolute atomic E-state index is 11.6. The number of hydrogen-bond donors (Lipinski definition) is 2. The molecule has 0 fully saturated rings. The van der Waals surface area contributed by atoms with E-state index in [0.29, 0.717) is 5.02 Å². The quantitative estimate of drug-likeness (QED) is 0.272. The standard InChI is InChI=1S/C29H23ClO2.C4H10O/c1-19(22-6-4-3-5-7-22)8-9-21-10-11-24-16-20(2)26(18-28(31)32)29(27(24)17-21)23-12-14-25(30)15-13-23;1-4(2,3)5/h3-7,10-17,19H,18H2,1-2H3,(H,31,32);5H,1-3H3. The molecule has 0 aliphatic heterocycles. The molecule has 4 aromatic carbocycles. The molecule has 3 nitrogen and oxygen atoms in total. The Morgan fingerprint density at radius 3 is 2.19 bits per heavy atom. The van der Waals surface area contributed by atoms with E-state index < -0.39 is 11.6 Å². The Morgan fingerprint density at radius 1 is 0.973 bits per heavy atom. The number of carboxylic acid groups (broad SMARTS) is 1. The first-order chi connectivity index (χ1) is 17.4. The second kappa shape index (κ2) is 12.1. The summed E-state index contributed by atoms with van der Waals surface area (Å²) >= 11 is 6.11. The number of benzene rings is 4. The van der Waals surface area contributed by atoms with E-state index in [4.69, 9.17) is 16.7 Å². The predicted molar refractivity (Wildman–Crippen MR) is 154 cm³/mol. The molecule has 0 heterocycles. The second-order valence-corrected chi connectivity index (χ2v) is 10.6. The van der Waals surface area contributed by atoms with Gasteiger partial charge in [0.2, 0.25) is 0 Å². The van der Waals surface area contributed by atoms with Crippen LogP contribution in [0.2, 0.25) is 5.02 Å². The largest absolute Gasteiger partial charge is 0.481 e. The molecule has 0 amide bonds. The zero-order chi connectivity index (χ0) is 27.2. The molecule has 0 bridgehead atoms. The van der Waals surface area contributed by atoms with Gasteiger partial charge in [0.15, 0.2) is 0 Å². The highest BCUT2D eigenvalue weighted by Crippen LogP contribution is 2.36. The molecule has 0 aliphatic carbocycles. The molecule has 0 radical (unpaired) electrons. The summed E-state index contributed by atoms with van der Waals surface area (Å²) in [5.41, 5.74) is 5.24. The Balaban J connectivity index is 0.000000695. The summed E-state index contributed by atoms with van der Waals surface area (Å²) in [6, 6.07) is 26.0. The van der Waals surface area contributed by atoms with Crippen molar-refractivity contribution in [3.63, 3.8) is 0 Å². The van der Waals surface area contributed by atoms with E-state index in [2.05, 4.69) is 49.1 Å². The molecule has 1 atom stereocenters. The van der Waals surface area contributed by atoms with Gasteiger partial charge >= 0.3 is 5.97 Å². The van der Waals surface area contributed by atoms with Crippen molar-refractivity contribution in [1.82, 2.24) is 0 Å². The van der Waals surface area contributed by atoms with Crippen LogP contribution in [0.3, 0.4) is 0 Å². The summed E-state index contributed by atoms with van der Waals surface area (Å²) in [7, 11) is 0. The Bertz CT molecular complexity index is 1430. The monoisotopic (exact) mass is 512 g/mol. The Morgan fingerprint density at radius 2 is 1.59 bits per heavy atom. The van der Waals surface area contributed by atoms with Crippen LogP contribution >= 0.6 is 11.6 Å². The van der Waals surface area contributed by atoms with Crippen molar-refractivity contribution in [3.05, 3.63) is 106 Å². The number of fused-ring (bicyclic) bond motifs is 1. The van der Waals surface area contributed by atoms with E-state index >= 15 is 0 Å². The molecule has 0 aliphatic rings. The molecule has 0 saturated heterocycles. The summed E-state index contributed by atoms with van der Waals surface area (Å²) in [5, 5.41) is 20.8. The normalized spacial score (nSPS) is 11.6. The molecule has 4 rings (SSSR count). The van der Waals surface area contributed by atoms with Gasteiger partial charge in [-0.1, -0.05) is 78.0 Å². The highest BCUT2D eigenvalue weighted by Gasteiger charge is 2.16. The Labute approximate surface area is 224 Å². The predicted octanol–water partition coefficient (Wildman–Crippen LogP) is 8.03. The highest BCUT2D eigenvalue weighted by atomic mass is 35.5. The third kappa shape index (κ3) is 8.22. The molecule has 2 N–H and O–H groups in total. The fourth-order valence-electron chi connectivity index (χ4n) is 4.00. The van der Waals surface area contributed by atoms with Crippen molar-refractivity contribution in [2.45, 2.75) is 52.6 Å². The van der Waals surface area contributed by atoms with Crippen molar-refractivity contribution in [2.24, 2.45) is 0 Å². The summed E-state index contributed by atoms with van der Waals surface area (Å²) in [4.78, 5) is 11.6. The highest BCUT2D eigenvalue weighted by molar-refractivity contribution is 6.30. The molecule has 4 heteroatoms. The maximum Gasteiger partial charge on any atom is 0.307 e.